The third kappa shape index (κ3) is 3.89. The van der Waals surface area contributed by atoms with Crippen molar-refractivity contribution in [3.8, 4) is 0 Å². The Bertz CT molecular complexity index is 683. The zero-order valence-electron chi connectivity index (χ0n) is 15.0. The Morgan fingerprint density at radius 2 is 1.88 bits per heavy atom. The lowest BCUT2D eigenvalue weighted by Crippen LogP contribution is -2.48. The van der Waals surface area contributed by atoms with Crippen molar-refractivity contribution >= 4 is 29.1 Å². The van der Waals surface area contributed by atoms with E-state index in [-0.39, 0.29) is 11.8 Å². The molecule has 2 heterocycles. The number of anilines is 1. The van der Waals surface area contributed by atoms with Crippen LogP contribution in [-0.4, -0.2) is 48.9 Å². The summed E-state index contributed by atoms with van der Waals surface area (Å²) in [4.78, 5) is 29.2. The molecule has 1 aliphatic carbocycles. The number of benzene rings is 1. The first-order valence-electron chi connectivity index (χ1n) is 9.71. The molecule has 3 aliphatic rings. The molecular formula is C20H26ClN3O2. The summed E-state index contributed by atoms with van der Waals surface area (Å²) >= 11 is 6.04. The Balaban J connectivity index is 1.31. The van der Waals surface area contributed by atoms with Gasteiger partial charge >= 0.3 is 0 Å². The van der Waals surface area contributed by atoms with Crippen LogP contribution in [-0.2, 0) is 9.59 Å². The number of likely N-dealkylation sites (tertiary alicyclic amines) is 1. The van der Waals surface area contributed by atoms with Crippen molar-refractivity contribution in [2.24, 2.45) is 11.8 Å². The van der Waals surface area contributed by atoms with Crippen molar-refractivity contribution in [3.05, 3.63) is 29.3 Å². The van der Waals surface area contributed by atoms with Crippen molar-refractivity contribution in [1.29, 1.82) is 0 Å². The van der Waals surface area contributed by atoms with E-state index in [4.69, 9.17) is 11.6 Å². The van der Waals surface area contributed by atoms with Gasteiger partial charge in [0.2, 0.25) is 11.8 Å². The maximum absolute atomic E-state index is 12.9. The van der Waals surface area contributed by atoms with Gasteiger partial charge in [0.25, 0.3) is 0 Å². The van der Waals surface area contributed by atoms with E-state index in [1.165, 1.54) is 12.8 Å². The average molecular weight is 376 g/mol. The molecule has 140 valence electrons. The lowest BCUT2D eigenvalue weighted by Gasteiger charge is -2.33. The van der Waals surface area contributed by atoms with Crippen molar-refractivity contribution < 1.29 is 9.59 Å². The molecule has 1 atom stereocenters. The van der Waals surface area contributed by atoms with Gasteiger partial charge in [0.15, 0.2) is 0 Å². The van der Waals surface area contributed by atoms with Gasteiger partial charge in [-0.3, -0.25) is 9.59 Å². The molecule has 1 N–H and O–H groups in total. The first-order valence-corrected chi connectivity index (χ1v) is 10.1. The molecule has 1 saturated carbocycles. The molecule has 2 saturated heterocycles. The van der Waals surface area contributed by atoms with Crippen LogP contribution in [0, 0.1) is 11.8 Å². The Hall–Kier alpha value is -1.59. The zero-order chi connectivity index (χ0) is 18.1. The van der Waals surface area contributed by atoms with Gasteiger partial charge in [0.1, 0.15) is 5.92 Å². The van der Waals surface area contributed by atoms with Gasteiger partial charge in [-0.05, 0) is 62.8 Å². The van der Waals surface area contributed by atoms with E-state index in [9.17, 15) is 9.59 Å². The van der Waals surface area contributed by atoms with Gasteiger partial charge < -0.3 is 15.1 Å². The van der Waals surface area contributed by atoms with Crippen LogP contribution in [0.15, 0.2) is 24.3 Å². The number of piperidine rings is 1. The molecule has 3 fully saturated rings. The number of carbonyl (C=O) groups is 2. The monoisotopic (exact) mass is 375 g/mol. The van der Waals surface area contributed by atoms with Crippen LogP contribution in [0.3, 0.4) is 0 Å². The lowest BCUT2D eigenvalue weighted by molar-refractivity contribution is -0.140. The Morgan fingerprint density at radius 1 is 1.12 bits per heavy atom. The topological polar surface area (TPSA) is 52.7 Å². The Morgan fingerprint density at radius 3 is 2.58 bits per heavy atom. The molecule has 2 amide bonds. The SMILES string of the molecule is O=C(C1CCN(c2cccc(Cl)c2)C1=O)N1CCC(NCC2CC2)CC1. The number of nitrogens with zero attached hydrogens (tertiary/aromatic N) is 2. The molecular weight excluding hydrogens is 350 g/mol. The number of hydrogen-bond donors (Lipinski definition) is 1. The lowest BCUT2D eigenvalue weighted by atomic mass is 10.0. The number of halogens is 1. The molecule has 5 nitrogen and oxygen atoms in total. The standard InChI is InChI=1S/C20H26ClN3O2/c21-15-2-1-3-17(12-15)24-11-8-18(20(24)26)19(25)23-9-6-16(7-10-23)22-13-14-4-5-14/h1-3,12,14,16,18,22H,4-11,13H2. The van der Waals surface area contributed by atoms with Crippen LogP contribution in [0.2, 0.25) is 5.02 Å². The molecule has 26 heavy (non-hydrogen) atoms. The van der Waals surface area contributed by atoms with E-state index in [1.54, 1.807) is 17.0 Å². The van der Waals surface area contributed by atoms with Crippen molar-refractivity contribution in [2.45, 2.75) is 38.1 Å². The zero-order valence-corrected chi connectivity index (χ0v) is 15.8. The van der Waals surface area contributed by atoms with E-state index in [0.29, 0.717) is 24.0 Å². The number of nitrogens with one attached hydrogen (secondary N) is 1. The third-order valence-corrected chi connectivity index (χ3v) is 6.06. The minimum Gasteiger partial charge on any atom is -0.342 e. The van der Waals surface area contributed by atoms with E-state index < -0.39 is 5.92 Å². The molecule has 2 aliphatic heterocycles. The highest BCUT2D eigenvalue weighted by Gasteiger charge is 2.40. The number of carbonyl (C=O) groups excluding carboxylic acids is 2. The van der Waals surface area contributed by atoms with E-state index in [0.717, 1.165) is 44.1 Å². The number of rotatable bonds is 5. The van der Waals surface area contributed by atoms with Gasteiger partial charge in [-0.25, -0.2) is 0 Å². The molecule has 6 heteroatoms. The molecule has 1 aromatic carbocycles. The van der Waals surface area contributed by atoms with Gasteiger partial charge in [0, 0.05) is 36.4 Å². The fraction of sp³-hybridized carbons (Fsp3) is 0.600. The Kier molecular flexibility index (Phi) is 5.18. The van der Waals surface area contributed by atoms with E-state index >= 15 is 0 Å². The summed E-state index contributed by atoms with van der Waals surface area (Å²) < 4.78 is 0. The molecule has 0 spiro atoms. The van der Waals surface area contributed by atoms with Crippen LogP contribution in [0.1, 0.15) is 32.1 Å². The molecule has 1 unspecified atom stereocenters. The number of amides is 2. The number of hydrogen-bond acceptors (Lipinski definition) is 3. The minimum absolute atomic E-state index is 0.000158. The third-order valence-electron chi connectivity index (χ3n) is 5.82. The van der Waals surface area contributed by atoms with Crippen molar-refractivity contribution in [2.75, 3.05) is 31.1 Å². The largest absolute Gasteiger partial charge is 0.342 e. The molecule has 0 radical (unpaired) electrons. The second kappa shape index (κ2) is 7.57. The average Bonchev–Trinajstić information content (AvgIpc) is 3.40. The summed E-state index contributed by atoms with van der Waals surface area (Å²) in [5.74, 6) is 0.250. The normalized spacial score (nSPS) is 24.3. The summed E-state index contributed by atoms with van der Waals surface area (Å²) in [5.41, 5.74) is 0.779. The van der Waals surface area contributed by atoms with Crippen LogP contribution < -0.4 is 10.2 Å². The van der Waals surface area contributed by atoms with Crippen molar-refractivity contribution in [1.82, 2.24) is 10.2 Å². The summed E-state index contributed by atoms with van der Waals surface area (Å²) in [6.07, 6.45) is 5.27. The first kappa shape index (κ1) is 17.8. The fourth-order valence-electron chi connectivity index (χ4n) is 3.99. The summed E-state index contributed by atoms with van der Waals surface area (Å²) in [5, 5.41) is 4.23. The predicted octanol–water partition coefficient (Wildman–Crippen LogP) is 2.68. The smallest absolute Gasteiger partial charge is 0.239 e. The summed E-state index contributed by atoms with van der Waals surface area (Å²) in [6.45, 7) is 3.20. The van der Waals surface area contributed by atoms with E-state index in [2.05, 4.69) is 5.32 Å². The molecule has 4 rings (SSSR count). The van der Waals surface area contributed by atoms with Crippen LogP contribution in [0.5, 0.6) is 0 Å². The first-order chi connectivity index (χ1) is 12.6. The second-order valence-corrected chi connectivity index (χ2v) is 8.20. The molecule has 0 bridgehead atoms. The van der Waals surface area contributed by atoms with Crippen molar-refractivity contribution in [3.63, 3.8) is 0 Å². The minimum atomic E-state index is -0.537. The van der Waals surface area contributed by atoms with Gasteiger partial charge in [-0.1, -0.05) is 17.7 Å². The van der Waals surface area contributed by atoms with Crippen LogP contribution >= 0.6 is 11.6 Å². The van der Waals surface area contributed by atoms with Crippen LogP contribution in [0.25, 0.3) is 0 Å². The highest BCUT2D eigenvalue weighted by atomic mass is 35.5. The highest BCUT2D eigenvalue weighted by molar-refractivity contribution is 6.31. The summed E-state index contributed by atoms with van der Waals surface area (Å²) in [6, 6.07) is 7.79. The quantitative estimate of drug-likeness (QED) is 0.805. The van der Waals surface area contributed by atoms with Gasteiger partial charge in [-0.15, -0.1) is 0 Å². The molecule has 1 aromatic rings. The van der Waals surface area contributed by atoms with E-state index in [1.807, 2.05) is 17.0 Å². The van der Waals surface area contributed by atoms with Gasteiger partial charge in [0.05, 0.1) is 0 Å². The Labute approximate surface area is 159 Å². The fourth-order valence-corrected chi connectivity index (χ4v) is 4.17. The second-order valence-electron chi connectivity index (χ2n) is 7.76. The maximum atomic E-state index is 12.9. The highest BCUT2D eigenvalue weighted by Crippen LogP contribution is 2.30. The van der Waals surface area contributed by atoms with Crippen LogP contribution in [0.4, 0.5) is 5.69 Å². The summed E-state index contributed by atoms with van der Waals surface area (Å²) in [7, 11) is 0. The molecule has 0 aromatic heterocycles. The predicted molar refractivity (Wildman–Crippen MR) is 102 cm³/mol. The van der Waals surface area contributed by atoms with Gasteiger partial charge in [-0.2, -0.15) is 0 Å². The maximum Gasteiger partial charge on any atom is 0.239 e.